The zero-order chi connectivity index (χ0) is 21.4. The molecule has 0 radical (unpaired) electrons. The number of rotatable bonds is 6. The summed E-state index contributed by atoms with van der Waals surface area (Å²) in [6, 6.07) is 10.9. The fourth-order valence-corrected chi connectivity index (χ4v) is 2.55. The van der Waals surface area contributed by atoms with E-state index in [1.807, 2.05) is 26.0 Å². The van der Waals surface area contributed by atoms with Crippen molar-refractivity contribution in [3.8, 4) is 0 Å². The molecule has 0 saturated heterocycles. The van der Waals surface area contributed by atoms with E-state index < -0.39 is 0 Å². The Bertz CT molecular complexity index is 741. The van der Waals surface area contributed by atoms with E-state index in [2.05, 4.69) is 51.6 Å². The molecular formula is C24H36F2N2. The van der Waals surface area contributed by atoms with Gasteiger partial charge >= 0.3 is 0 Å². The lowest BCUT2D eigenvalue weighted by Crippen LogP contribution is -2.25. The van der Waals surface area contributed by atoms with E-state index in [4.69, 9.17) is 0 Å². The van der Waals surface area contributed by atoms with E-state index in [9.17, 15) is 8.78 Å². The third-order valence-corrected chi connectivity index (χ3v) is 5.22. The lowest BCUT2D eigenvalue weighted by molar-refractivity contribution is 0.265. The summed E-state index contributed by atoms with van der Waals surface area (Å²) in [6.45, 7) is 14.2. The van der Waals surface area contributed by atoms with E-state index in [1.54, 1.807) is 12.1 Å². The standard InChI is InChI=1S/2C12H18FN/c1-9(2)14(4)8-11-5-6-12(13)7-10(11)3;1-9(2)14(4)8-11-7-12(13)6-5-10(11)3/h2*5-7,9H,8H2,1-4H3. The highest BCUT2D eigenvalue weighted by Crippen LogP contribution is 2.14. The van der Waals surface area contributed by atoms with Crippen LogP contribution in [-0.4, -0.2) is 36.0 Å². The minimum absolute atomic E-state index is 0.150. The second-order valence-corrected chi connectivity index (χ2v) is 8.16. The van der Waals surface area contributed by atoms with Crippen LogP contribution in [0.1, 0.15) is 49.9 Å². The van der Waals surface area contributed by atoms with Gasteiger partial charge in [0.15, 0.2) is 0 Å². The van der Waals surface area contributed by atoms with Crippen molar-refractivity contribution in [2.75, 3.05) is 14.1 Å². The molecule has 0 amide bonds. The van der Waals surface area contributed by atoms with Crippen molar-refractivity contribution in [3.63, 3.8) is 0 Å². The highest BCUT2D eigenvalue weighted by Gasteiger charge is 2.07. The Labute approximate surface area is 170 Å². The molecule has 0 aliphatic rings. The molecule has 2 nitrogen and oxygen atoms in total. The van der Waals surface area contributed by atoms with E-state index in [0.29, 0.717) is 12.1 Å². The molecule has 0 spiro atoms. The molecule has 0 aliphatic carbocycles. The van der Waals surface area contributed by atoms with Gasteiger partial charge in [0.25, 0.3) is 0 Å². The third kappa shape index (κ3) is 8.07. The normalized spacial score (nSPS) is 11.4. The third-order valence-electron chi connectivity index (χ3n) is 5.22. The summed E-state index contributed by atoms with van der Waals surface area (Å²) in [6.07, 6.45) is 0. The minimum atomic E-state index is -0.154. The van der Waals surface area contributed by atoms with Crippen LogP contribution in [0.25, 0.3) is 0 Å². The molecule has 2 aromatic rings. The van der Waals surface area contributed by atoms with Crippen LogP contribution in [0.15, 0.2) is 36.4 Å². The molecule has 0 fully saturated rings. The maximum Gasteiger partial charge on any atom is 0.123 e. The zero-order valence-electron chi connectivity index (χ0n) is 18.7. The van der Waals surface area contributed by atoms with Crippen molar-refractivity contribution < 1.29 is 8.78 Å². The summed E-state index contributed by atoms with van der Waals surface area (Å²) in [5.41, 5.74) is 4.44. The van der Waals surface area contributed by atoms with Crippen LogP contribution in [0, 0.1) is 25.5 Å². The predicted molar refractivity (Wildman–Crippen MR) is 115 cm³/mol. The number of nitrogens with zero attached hydrogens (tertiary/aromatic N) is 2. The second kappa shape index (κ2) is 11.3. The maximum absolute atomic E-state index is 13.0. The predicted octanol–water partition coefficient (Wildman–Crippen LogP) is 5.95. The molecular weight excluding hydrogens is 354 g/mol. The summed E-state index contributed by atoms with van der Waals surface area (Å²) in [7, 11) is 4.13. The number of benzene rings is 2. The molecule has 0 saturated carbocycles. The summed E-state index contributed by atoms with van der Waals surface area (Å²) in [5.74, 6) is -0.304. The smallest absolute Gasteiger partial charge is 0.123 e. The number of hydrogen-bond acceptors (Lipinski definition) is 2. The SMILES string of the molecule is Cc1cc(F)ccc1CN(C)C(C)C.Cc1ccc(F)cc1CN(C)C(C)C. The van der Waals surface area contributed by atoms with Crippen LogP contribution in [0.2, 0.25) is 0 Å². The monoisotopic (exact) mass is 390 g/mol. The van der Waals surface area contributed by atoms with Crippen molar-refractivity contribution in [2.45, 2.75) is 66.7 Å². The van der Waals surface area contributed by atoms with Gasteiger partial charge in [-0.25, -0.2) is 8.78 Å². The van der Waals surface area contributed by atoms with E-state index in [0.717, 1.165) is 29.8 Å². The van der Waals surface area contributed by atoms with Gasteiger partial charge in [-0.1, -0.05) is 12.1 Å². The minimum Gasteiger partial charge on any atom is -0.300 e. The van der Waals surface area contributed by atoms with Gasteiger partial charge in [0.1, 0.15) is 11.6 Å². The van der Waals surface area contributed by atoms with Gasteiger partial charge in [-0.3, -0.25) is 9.80 Å². The Morgan fingerprint density at radius 1 is 0.679 bits per heavy atom. The molecule has 2 rings (SSSR count). The summed E-state index contributed by atoms with van der Waals surface area (Å²) in [5, 5.41) is 0. The second-order valence-electron chi connectivity index (χ2n) is 8.16. The highest BCUT2D eigenvalue weighted by molar-refractivity contribution is 5.27. The van der Waals surface area contributed by atoms with Crippen LogP contribution in [0.4, 0.5) is 8.78 Å². The van der Waals surface area contributed by atoms with E-state index in [1.165, 1.54) is 17.7 Å². The molecule has 4 heteroatoms. The Hall–Kier alpha value is -1.78. The average Bonchev–Trinajstić information content (AvgIpc) is 2.60. The van der Waals surface area contributed by atoms with Crippen molar-refractivity contribution in [1.29, 1.82) is 0 Å². The van der Waals surface area contributed by atoms with Gasteiger partial charge in [0.2, 0.25) is 0 Å². The number of halogens is 2. The van der Waals surface area contributed by atoms with Crippen molar-refractivity contribution in [1.82, 2.24) is 9.80 Å². The molecule has 0 N–H and O–H groups in total. The Morgan fingerprint density at radius 2 is 1.14 bits per heavy atom. The fourth-order valence-electron chi connectivity index (χ4n) is 2.55. The van der Waals surface area contributed by atoms with E-state index >= 15 is 0 Å². The largest absolute Gasteiger partial charge is 0.300 e. The first kappa shape index (κ1) is 24.3. The molecule has 0 atom stereocenters. The Balaban J connectivity index is 0.000000280. The van der Waals surface area contributed by atoms with Crippen molar-refractivity contribution in [2.24, 2.45) is 0 Å². The van der Waals surface area contributed by atoms with Crippen molar-refractivity contribution >= 4 is 0 Å². The molecule has 0 heterocycles. The van der Waals surface area contributed by atoms with Gasteiger partial charge in [-0.05, 0) is 102 Å². The van der Waals surface area contributed by atoms with Gasteiger partial charge in [0, 0.05) is 25.2 Å². The topological polar surface area (TPSA) is 6.48 Å². The van der Waals surface area contributed by atoms with Gasteiger partial charge < -0.3 is 0 Å². The number of aryl methyl sites for hydroxylation is 2. The lowest BCUT2D eigenvalue weighted by Gasteiger charge is -2.21. The average molecular weight is 391 g/mol. The zero-order valence-corrected chi connectivity index (χ0v) is 18.7. The molecule has 0 aromatic heterocycles. The molecule has 28 heavy (non-hydrogen) atoms. The maximum atomic E-state index is 13.0. The van der Waals surface area contributed by atoms with E-state index in [-0.39, 0.29) is 11.6 Å². The lowest BCUT2D eigenvalue weighted by atomic mass is 10.1. The number of hydrogen-bond donors (Lipinski definition) is 0. The quantitative estimate of drug-likeness (QED) is 0.601. The first-order chi connectivity index (χ1) is 13.0. The van der Waals surface area contributed by atoms with Crippen LogP contribution >= 0.6 is 0 Å². The van der Waals surface area contributed by atoms with Crippen LogP contribution in [0.5, 0.6) is 0 Å². The molecule has 2 aromatic carbocycles. The summed E-state index contributed by atoms with van der Waals surface area (Å²) in [4.78, 5) is 4.43. The fraction of sp³-hybridized carbons (Fsp3) is 0.500. The Kier molecular flexibility index (Phi) is 9.77. The summed E-state index contributed by atoms with van der Waals surface area (Å²) < 4.78 is 25.8. The van der Waals surface area contributed by atoms with Gasteiger partial charge in [-0.2, -0.15) is 0 Å². The molecule has 0 unspecified atom stereocenters. The summed E-state index contributed by atoms with van der Waals surface area (Å²) >= 11 is 0. The van der Waals surface area contributed by atoms with Crippen LogP contribution in [0.3, 0.4) is 0 Å². The Morgan fingerprint density at radius 3 is 1.64 bits per heavy atom. The van der Waals surface area contributed by atoms with Gasteiger partial charge in [0.05, 0.1) is 0 Å². The van der Waals surface area contributed by atoms with Crippen molar-refractivity contribution in [3.05, 3.63) is 70.3 Å². The molecule has 0 bridgehead atoms. The van der Waals surface area contributed by atoms with Gasteiger partial charge in [-0.15, -0.1) is 0 Å². The molecule has 0 aliphatic heterocycles. The van der Waals surface area contributed by atoms with Crippen LogP contribution < -0.4 is 0 Å². The first-order valence-corrected chi connectivity index (χ1v) is 9.91. The molecule has 156 valence electrons. The van der Waals surface area contributed by atoms with Crippen LogP contribution in [-0.2, 0) is 13.1 Å². The first-order valence-electron chi connectivity index (χ1n) is 9.91. The highest BCUT2D eigenvalue weighted by atomic mass is 19.1.